The van der Waals surface area contributed by atoms with Crippen LogP contribution in [0, 0.1) is 0 Å². The molecule has 9 heteroatoms. The maximum absolute atomic E-state index is 13.1. The second-order valence-corrected chi connectivity index (χ2v) is 7.95. The van der Waals surface area contributed by atoms with Crippen LogP contribution in [0.1, 0.15) is 30.4 Å². The van der Waals surface area contributed by atoms with Gasteiger partial charge in [-0.2, -0.15) is 0 Å². The molecule has 0 saturated carbocycles. The van der Waals surface area contributed by atoms with Crippen LogP contribution in [0.5, 0.6) is 0 Å². The van der Waals surface area contributed by atoms with Crippen molar-refractivity contribution in [3.8, 4) is 11.3 Å². The molecule has 1 saturated heterocycles. The Morgan fingerprint density at radius 2 is 1.55 bits per heavy atom. The number of fused-ring (bicyclic) bond motifs is 1. The highest BCUT2D eigenvalue weighted by molar-refractivity contribution is 7.18. The van der Waals surface area contributed by atoms with E-state index >= 15 is 0 Å². The standard InChI is InChI=1S/C22H17N3O5S/c26-19-15-8-4-5-9-16(15)20(27)25(19)30-21(28)18-17(14-6-2-1-3-7-14)23-22(31-18)24-10-12-29-13-11-24/h1-9H,10-13H2. The van der Waals surface area contributed by atoms with Crippen molar-refractivity contribution in [3.63, 3.8) is 0 Å². The Kier molecular flexibility index (Phi) is 4.97. The number of hydrogen-bond donors (Lipinski definition) is 0. The molecule has 31 heavy (non-hydrogen) atoms. The molecule has 156 valence electrons. The van der Waals surface area contributed by atoms with Crippen molar-refractivity contribution >= 4 is 34.3 Å². The zero-order chi connectivity index (χ0) is 21.4. The molecule has 3 heterocycles. The minimum atomic E-state index is -0.801. The van der Waals surface area contributed by atoms with Crippen molar-refractivity contribution in [2.24, 2.45) is 0 Å². The minimum Gasteiger partial charge on any atom is -0.378 e. The summed E-state index contributed by atoms with van der Waals surface area (Å²) in [5, 5.41) is 1.19. The second-order valence-electron chi connectivity index (χ2n) is 6.97. The topological polar surface area (TPSA) is 89.0 Å². The highest BCUT2D eigenvalue weighted by Gasteiger charge is 2.39. The molecule has 2 aromatic carbocycles. The summed E-state index contributed by atoms with van der Waals surface area (Å²) in [7, 11) is 0. The lowest BCUT2D eigenvalue weighted by Gasteiger charge is -2.26. The smallest absolute Gasteiger partial charge is 0.376 e. The number of amides is 2. The Morgan fingerprint density at radius 3 is 2.19 bits per heavy atom. The number of rotatable bonds is 4. The van der Waals surface area contributed by atoms with Crippen molar-refractivity contribution in [1.82, 2.24) is 10.0 Å². The summed E-state index contributed by atoms with van der Waals surface area (Å²) in [5.74, 6) is -2.12. The molecule has 3 aromatic rings. The number of hydroxylamine groups is 2. The van der Waals surface area contributed by atoms with E-state index in [-0.39, 0.29) is 16.0 Å². The molecule has 0 bridgehead atoms. The number of anilines is 1. The molecule has 2 amide bonds. The van der Waals surface area contributed by atoms with Gasteiger partial charge in [0.05, 0.1) is 30.0 Å². The lowest BCUT2D eigenvalue weighted by atomic mass is 10.1. The minimum absolute atomic E-state index is 0.210. The Bertz CT molecular complexity index is 1140. The monoisotopic (exact) mass is 435 g/mol. The SMILES string of the molecule is O=C(ON1C(=O)c2ccccc2C1=O)c1sc(N2CCOCC2)nc1-c1ccccc1. The van der Waals surface area contributed by atoms with E-state index in [1.54, 1.807) is 12.1 Å². The number of ether oxygens (including phenoxy) is 1. The Morgan fingerprint density at radius 1 is 0.935 bits per heavy atom. The van der Waals surface area contributed by atoms with Crippen LogP contribution >= 0.6 is 11.3 Å². The lowest BCUT2D eigenvalue weighted by molar-refractivity contribution is -0.0580. The van der Waals surface area contributed by atoms with Crippen LogP contribution in [-0.4, -0.2) is 54.1 Å². The van der Waals surface area contributed by atoms with E-state index in [9.17, 15) is 14.4 Å². The molecule has 8 nitrogen and oxygen atoms in total. The van der Waals surface area contributed by atoms with Crippen LogP contribution in [0.2, 0.25) is 0 Å². The number of aromatic nitrogens is 1. The van der Waals surface area contributed by atoms with Gasteiger partial charge in [-0.25, -0.2) is 9.78 Å². The van der Waals surface area contributed by atoms with Crippen LogP contribution < -0.4 is 4.90 Å². The van der Waals surface area contributed by atoms with Gasteiger partial charge in [-0.05, 0) is 12.1 Å². The molecule has 0 atom stereocenters. The van der Waals surface area contributed by atoms with Gasteiger partial charge in [0, 0.05) is 18.7 Å². The number of nitrogens with zero attached hydrogens (tertiary/aromatic N) is 3. The first kappa shape index (κ1) is 19.4. The van der Waals surface area contributed by atoms with Gasteiger partial charge in [0.1, 0.15) is 4.88 Å². The van der Waals surface area contributed by atoms with Crippen LogP contribution in [-0.2, 0) is 9.57 Å². The van der Waals surface area contributed by atoms with Gasteiger partial charge >= 0.3 is 5.97 Å². The largest absolute Gasteiger partial charge is 0.378 e. The fourth-order valence-electron chi connectivity index (χ4n) is 3.50. The molecule has 2 aliphatic rings. The molecule has 0 aliphatic carbocycles. The summed E-state index contributed by atoms with van der Waals surface area (Å²) in [6.45, 7) is 2.48. The number of benzene rings is 2. The van der Waals surface area contributed by atoms with Crippen LogP contribution in [0.3, 0.4) is 0 Å². The maximum Gasteiger partial charge on any atom is 0.376 e. The van der Waals surface area contributed by atoms with E-state index in [2.05, 4.69) is 4.98 Å². The van der Waals surface area contributed by atoms with Crippen LogP contribution in [0.25, 0.3) is 11.3 Å². The third-order valence-corrected chi connectivity index (χ3v) is 6.16. The van der Waals surface area contributed by atoms with Gasteiger partial charge in [0.25, 0.3) is 11.8 Å². The predicted molar refractivity (Wildman–Crippen MR) is 113 cm³/mol. The summed E-state index contributed by atoms with van der Waals surface area (Å²) >= 11 is 1.17. The van der Waals surface area contributed by atoms with Gasteiger partial charge < -0.3 is 14.5 Å². The number of thiazole rings is 1. The van der Waals surface area contributed by atoms with Crippen LogP contribution in [0.15, 0.2) is 54.6 Å². The van der Waals surface area contributed by atoms with E-state index in [1.165, 1.54) is 23.5 Å². The quantitative estimate of drug-likeness (QED) is 0.582. The summed E-state index contributed by atoms with van der Waals surface area (Å²) in [5.41, 5.74) is 1.62. The van der Waals surface area contributed by atoms with Gasteiger partial charge in [-0.15, -0.1) is 0 Å². The average Bonchev–Trinajstić information content (AvgIpc) is 3.37. The normalized spacial score (nSPS) is 15.9. The number of carbonyl (C=O) groups is 3. The van der Waals surface area contributed by atoms with E-state index in [4.69, 9.17) is 9.57 Å². The molecule has 1 aromatic heterocycles. The van der Waals surface area contributed by atoms with Crippen molar-refractivity contribution in [2.45, 2.75) is 0 Å². The number of hydrogen-bond acceptors (Lipinski definition) is 8. The Labute approximate surface area is 181 Å². The molecule has 2 aliphatic heterocycles. The summed E-state index contributed by atoms with van der Waals surface area (Å²) < 4.78 is 5.40. The first-order chi connectivity index (χ1) is 15.1. The first-order valence-electron chi connectivity index (χ1n) is 9.72. The van der Waals surface area contributed by atoms with Crippen molar-refractivity contribution in [2.75, 3.05) is 31.2 Å². The molecular weight excluding hydrogens is 418 g/mol. The summed E-state index contributed by atoms with van der Waals surface area (Å²) in [6.07, 6.45) is 0. The zero-order valence-electron chi connectivity index (χ0n) is 16.3. The van der Waals surface area contributed by atoms with Crippen molar-refractivity contribution in [3.05, 3.63) is 70.6 Å². The van der Waals surface area contributed by atoms with Gasteiger partial charge in [-0.1, -0.05) is 58.9 Å². The fraction of sp³-hybridized carbons (Fsp3) is 0.182. The maximum atomic E-state index is 13.1. The van der Waals surface area contributed by atoms with Gasteiger partial charge in [0.15, 0.2) is 5.13 Å². The van der Waals surface area contributed by atoms with E-state index in [1.807, 2.05) is 35.2 Å². The second kappa shape index (κ2) is 7.93. The first-order valence-corrected chi connectivity index (χ1v) is 10.5. The number of imide groups is 1. The number of morpholine rings is 1. The summed E-state index contributed by atoms with van der Waals surface area (Å²) in [4.78, 5) is 50.5. The van der Waals surface area contributed by atoms with Crippen molar-refractivity contribution < 1.29 is 24.0 Å². The molecule has 0 N–H and O–H groups in total. The molecular formula is C22H17N3O5S. The van der Waals surface area contributed by atoms with E-state index in [0.29, 0.717) is 42.2 Å². The third kappa shape index (κ3) is 3.47. The molecule has 0 unspecified atom stereocenters. The Hall–Kier alpha value is -3.56. The molecule has 0 radical (unpaired) electrons. The molecule has 1 fully saturated rings. The van der Waals surface area contributed by atoms with E-state index in [0.717, 1.165) is 5.56 Å². The zero-order valence-corrected chi connectivity index (χ0v) is 17.1. The van der Waals surface area contributed by atoms with Gasteiger partial charge in [-0.3, -0.25) is 9.59 Å². The van der Waals surface area contributed by atoms with Gasteiger partial charge in [0.2, 0.25) is 0 Å². The summed E-state index contributed by atoms with van der Waals surface area (Å²) in [6, 6.07) is 15.6. The fourth-order valence-corrected chi connectivity index (χ4v) is 4.52. The van der Waals surface area contributed by atoms with Crippen LogP contribution in [0.4, 0.5) is 5.13 Å². The molecule has 0 spiro atoms. The average molecular weight is 435 g/mol. The number of carbonyl (C=O) groups excluding carboxylic acids is 3. The van der Waals surface area contributed by atoms with Crippen molar-refractivity contribution in [1.29, 1.82) is 0 Å². The third-order valence-electron chi connectivity index (χ3n) is 5.06. The highest BCUT2D eigenvalue weighted by Crippen LogP contribution is 2.35. The Balaban J connectivity index is 1.47. The highest BCUT2D eigenvalue weighted by atomic mass is 32.1. The predicted octanol–water partition coefficient (Wildman–Crippen LogP) is 3.01. The molecule has 5 rings (SSSR count). The van der Waals surface area contributed by atoms with E-state index < -0.39 is 17.8 Å². The lowest BCUT2D eigenvalue weighted by Crippen LogP contribution is -2.36.